The van der Waals surface area contributed by atoms with Crippen LogP contribution in [0, 0.1) is 0 Å². The molecule has 2 aromatic carbocycles. The lowest BCUT2D eigenvalue weighted by Crippen LogP contribution is -2.33. The minimum absolute atomic E-state index is 0.0316. The van der Waals surface area contributed by atoms with Crippen LogP contribution in [0.25, 0.3) is 0 Å². The summed E-state index contributed by atoms with van der Waals surface area (Å²) in [6.07, 6.45) is 0.377. The molecular weight excluding hydrogens is 376 g/mol. The van der Waals surface area contributed by atoms with Gasteiger partial charge in [-0.1, -0.05) is 30.3 Å². The molecule has 0 spiro atoms. The van der Waals surface area contributed by atoms with Crippen LogP contribution >= 0.6 is 27.7 Å². The average molecular weight is 393 g/mol. The lowest BCUT2D eigenvalue weighted by atomic mass is 10.3. The zero-order valence-corrected chi connectivity index (χ0v) is 14.8. The Kier molecular flexibility index (Phi) is 7.16. The van der Waals surface area contributed by atoms with E-state index in [-0.39, 0.29) is 18.4 Å². The second-order valence-electron chi connectivity index (χ2n) is 4.72. The molecule has 0 saturated carbocycles. The van der Waals surface area contributed by atoms with Crippen molar-refractivity contribution in [1.29, 1.82) is 0 Å². The fourth-order valence-electron chi connectivity index (χ4n) is 1.80. The molecule has 0 aliphatic rings. The number of anilines is 1. The van der Waals surface area contributed by atoms with Gasteiger partial charge in [-0.15, -0.1) is 11.8 Å². The fraction of sp³-hybridized carbons (Fsp3) is 0.176. The van der Waals surface area contributed by atoms with Gasteiger partial charge in [0.2, 0.25) is 11.8 Å². The van der Waals surface area contributed by atoms with E-state index in [1.54, 1.807) is 17.8 Å². The van der Waals surface area contributed by atoms with Crippen LogP contribution in [-0.2, 0) is 9.59 Å². The smallest absolute Gasteiger partial charge is 0.243 e. The second kappa shape index (κ2) is 9.37. The summed E-state index contributed by atoms with van der Waals surface area (Å²) in [7, 11) is 0. The molecule has 0 saturated heterocycles. The summed E-state index contributed by atoms with van der Waals surface area (Å²) in [6, 6.07) is 17.2. The third kappa shape index (κ3) is 6.46. The Balaban J connectivity index is 1.66. The van der Waals surface area contributed by atoms with Crippen LogP contribution in [0.1, 0.15) is 6.42 Å². The van der Waals surface area contributed by atoms with E-state index in [0.29, 0.717) is 17.9 Å². The number of thioether (sulfide) groups is 1. The van der Waals surface area contributed by atoms with Gasteiger partial charge in [0.1, 0.15) is 0 Å². The second-order valence-corrected chi connectivity index (χ2v) is 6.74. The number of amides is 2. The molecule has 0 aliphatic carbocycles. The van der Waals surface area contributed by atoms with Gasteiger partial charge in [-0.05, 0) is 40.2 Å². The number of halogens is 1. The van der Waals surface area contributed by atoms with Crippen LogP contribution in [-0.4, -0.2) is 24.1 Å². The Morgan fingerprint density at radius 2 is 1.65 bits per heavy atom. The van der Waals surface area contributed by atoms with Gasteiger partial charge in [0.25, 0.3) is 0 Å². The SMILES string of the molecule is O=C(CCSc1ccccc1)NCC(=O)Nc1ccccc1Br. The Hall–Kier alpha value is -1.79. The van der Waals surface area contributed by atoms with Crippen molar-refractivity contribution in [2.75, 3.05) is 17.6 Å². The van der Waals surface area contributed by atoms with Gasteiger partial charge >= 0.3 is 0 Å². The third-order valence-corrected chi connectivity index (χ3v) is 4.64. The van der Waals surface area contributed by atoms with Crippen molar-refractivity contribution in [3.63, 3.8) is 0 Å². The van der Waals surface area contributed by atoms with Crippen LogP contribution in [0.3, 0.4) is 0 Å². The fourth-order valence-corrected chi connectivity index (χ4v) is 3.06. The summed E-state index contributed by atoms with van der Waals surface area (Å²) < 4.78 is 0.805. The largest absolute Gasteiger partial charge is 0.347 e. The summed E-state index contributed by atoms with van der Waals surface area (Å²) in [5.74, 6) is 0.304. The Morgan fingerprint density at radius 1 is 0.957 bits per heavy atom. The molecule has 0 bridgehead atoms. The van der Waals surface area contributed by atoms with Crippen molar-refractivity contribution in [2.24, 2.45) is 0 Å². The maximum absolute atomic E-state index is 11.8. The normalized spacial score (nSPS) is 10.1. The van der Waals surface area contributed by atoms with E-state index in [4.69, 9.17) is 0 Å². The van der Waals surface area contributed by atoms with Crippen molar-refractivity contribution in [3.8, 4) is 0 Å². The van der Waals surface area contributed by atoms with Crippen molar-refractivity contribution in [2.45, 2.75) is 11.3 Å². The minimum atomic E-state index is -0.249. The van der Waals surface area contributed by atoms with E-state index in [9.17, 15) is 9.59 Å². The molecule has 2 rings (SSSR count). The monoisotopic (exact) mass is 392 g/mol. The number of nitrogens with one attached hydrogen (secondary N) is 2. The van der Waals surface area contributed by atoms with Crippen molar-refractivity contribution in [3.05, 3.63) is 59.1 Å². The average Bonchev–Trinajstić information content (AvgIpc) is 2.56. The molecule has 4 nitrogen and oxygen atoms in total. The van der Waals surface area contributed by atoms with Crippen LogP contribution < -0.4 is 10.6 Å². The number of benzene rings is 2. The maximum Gasteiger partial charge on any atom is 0.243 e. The number of para-hydroxylation sites is 1. The highest BCUT2D eigenvalue weighted by Crippen LogP contribution is 2.21. The van der Waals surface area contributed by atoms with Crippen molar-refractivity contribution >= 4 is 45.2 Å². The summed E-state index contributed by atoms with van der Waals surface area (Å²) >= 11 is 4.98. The highest BCUT2D eigenvalue weighted by Gasteiger charge is 2.07. The Morgan fingerprint density at radius 3 is 2.39 bits per heavy atom. The zero-order chi connectivity index (χ0) is 16.5. The first kappa shape index (κ1) is 17.6. The first-order valence-electron chi connectivity index (χ1n) is 7.14. The molecule has 0 aromatic heterocycles. The van der Waals surface area contributed by atoms with Gasteiger partial charge in [0.15, 0.2) is 0 Å². The van der Waals surface area contributed by atoms with E-state index >= 15 is 0 Å². The van der Waals surface area contributed by atoms with E-state index in [2.05, 4.69) is 26.6 Å². The summed E-state index contributed by atoms with van der Waals surface area (Å²) in [4.78, 5) is 24.7. The topological polar surface area (TPSA) is 58.2 Å². The molecule has 0 unspecified atom stereocenters. The van der Waals surface area contributed by atoms with Crippen molar-refractivity contribution < 1.29 is 9.59 Å². The van der Waals surface area contributed by atoms with Crippen LogP contribution in [0.15, 0.2) is 64.0 Å². The zero-order valence-electron chi connectivity index (χ0n) is 12.4. The van der Waals surface area contributed by atoms with E-state index in [0.717, 1.165) is 9.37 Å². The lowest BCUT2D eigenvalue weighted by Gasteiger charge is -2.08. The van der Waals surface area contributed by atoms with Gasteiger partial charge in [-0.3, -0.25) is 9.59 Å². The molecule has 0 aliphatic heterocycles. The molecule has 0 heterocycles. The predicted octanol–water partition coefficient (Wildman–Crippen LogP) is 3.69. The predicted molar refractivity (Wildman–Crippen MR) is 97.6 cm³/mol. The minimum Gasteiger partial charge on any atom is -0.347 e. The number of hydrogen-bond acceptors (Lipinski definition) is 3. The molecule has 0 radical (unpaired) electrons. The van der Waals surface area contributed by atoms with E-state index in [1.165, 1.54) is 0 Å². The summed E-state index contributed by atoms with van der Waals surface area (Å²) in [5, 5.41) is 5.37. The van der Waals surface area contributed by atoms with Crippen LogP contribution in [0.5, 0.6) is 0 Å². The van der Waals surface area contributed by atoms with Gasteiger partial charge in [-0.25, -0.2) is 0 Å². The molecule has 2 N–H and O–H groups in total. The molecule has 2 aromatic rings. The first-order chi connectivity index (χ1) is 11.1. The van der Waals surface area contributed by atoms with Gasteiger partial charge in [0.05, 0.1) is 12.2 Å². The number of carbonyl (C=O) groups excluding carboxylic acids is 2. The van der Waals surface area contributed by atoms with Gasteiger partial charge in [0, 0.05) is 21.5 Å². The van der Waals surface area contributed by atoms with Crippen LogP contribution in [0.4, 0.5) is 5.69 Å². The Bertz CT molecular complexity index is 665. The van der Waals surface area contributed by atoms with E-state index < -0.39 is 0 Å². The third-order valence-electron chi connectivity index (χ3n) is 2.94. The number of rotatable bonds is 7. The lowest BCUT2D eigenvalue weighted by molar-refractivity contribution is -0.123. The molecular formula is C17H17BrN2O2S. The molecule has 0 fully saturated rings. The van der Waals surface area contributed by atoms with Gasteiger partial charge < -0.3 is 10.6 Å². The molecule has 2 amide bonds. The highest BCUT2D eigenvalue weighted by molar-refractivity contribution is 9.10. The van der Waals surface area contributed by atoms with Crippen LogP contribution in [0.2, 0.25) is 0 Å². The van der Waals surface area contributed by atoms with Crippen molar-refractivity contribution in [1.82, 2.24) is 5.32 Å². The van der Waals surface area contributed by atoms with Gasteiger partial charge in [-0.2, -0.15) is 0 Å². The number of carbonyl (C=O) groups is 2. The quantitative estimate of drug-likeness (QED) is 0.706. The molecule has 0 atom stereocenters. The maximum atomic E-state index is 11.8. The Labute approximate surface area is 148 Å². The standard InChI is InChI=1S/C17H17BrN2O2S/c18-14-8-4-5-9-15(14)20-17(22)12-19-16(21)10-11-23-13-6-2-1-3-7-13/h1-9H,10-12H2,(H,19,21)(H,20,22). The van der Waals surface area contributed by atoms with E-state index in [1.807, 2.05) is 48.5 Å². The first-order valence-corrected chi connectivity index (χ1v) is 8.92. The molecule has 6 heteroatoms. The highest BCUT2D eigenvalue weighted by atomic mass is 79.9. The summed E-state index contributed by atoms with van der Waals surface area (Å²) in [5.41, 5.74) is 0.686. The number of hydrogen-bond donors (Lipinski definition) is 2. The molecule has 120 valence electrons. The summed E-state index contributed by atoms with van der Waals surface area (Å²) in [6.45, 7) is -0.0316. The molecule has 23 heavy (non-hydrogen) atoms.